The van der Waals surface area contributed by atoms with Gasteiger partial charge in [0.25, 0.3) is 5.56 Å². The predicted octanol–water partition coefficient (Wildman–Crippen LogP) is 0.575. The third kappa shape index (κ3) is 2.76. The number of anilines is 1. The topological polar surface area (TPSA) is 94.1 Å². The number of carbonyl (C=O) groups is 1. The van der Waals surface area contributed by atoms with Crippen molar-refractivity contribution in [3.63, 3.8) is 0 Å². The molecule has 0 aromatic carbocycles. The Labute approximate surface area is 125 Å². The molecule has 1 atom stereocenters. The van der Waals surface area contributed by atoms with Crippen LogP contribution < -0.4 is 16.2 Å². The molecule has 2 N–H and O–H groups in total. The first-order valence-corrected chi connectivity index (χ1v) is 7.75. The van der Waals surface area contributed by atoms with Crippen LogP contribution in [0.4, 0.5) is 5.13 Å². The van der Waals surface area contributed by atoms with Crippen molar-refractivity contribution in [1.82, 2.24) is 14.5 Å². The molecule has 3 heterocycles. The first kappa shape index (κ1) is 14.0. The highest BCUT2D eigenvalue weighted by molar-refractivity contribution is 7.22. The van der Waals surface area contributed by atoms with E-state index in [2.05, 4.69) is 21.8 Å². The lowest BCUT2D eigenvalue weighted by Crippen LogP contribution is -2.34. The van der Waals surface area contributed by atoms with Crippen LogP contribution in [0.25, 0.3) is 10.3 Å². The van der Waals surface area contributed by atoms with E-state index >= 15 is 0 Å². The molecule has 2 aromatic rings. The van der Waals surface area contributed by atoms with Gasteiger partial charge in [0.2, 0.25) is 5.91 Å². The van der Waals surface area contributed by atoms with E-state index in [4.69, 9.17) is 5.73 Å². The Bertz CT molecular complexity index is 738. The molecule has 3 rings (SSSR count). The molecule has 0 spiro atoms. The van der Waals surface area contributed by atoms with Gasteiger partial charge in [-0.05, 0) is 18.8 Å². The van der Waals surface area contributed by atoms with Gasteiger partial charge in [0.15, 0.2) is 10.8 Å². The van der Waals surface area contributed by atoms with Gasteiger partial charge in [-0.3, -0.25) is 14.2 Å². The molecular formula is C13H17N5O2S. The summed E-state index contributed by atoms with van der Waals surface area (Å²) < 4.78 is 1.71. The number of rotatable bonds is 3. The highest BCUT2D eigenvalue weighted by Crippen LogP contribution is 2.28. The summed E-state index contributed by atoms with van der Waals surface area (Å²) in [5.74, 6) is 0.0677. The van der Waals surface area contributed by atoms with Crippen LogP contribution in [0.2, 0.25) is 0 Å². The summed E-state index contributed by atoms with van der Waals surface area (Å²) >= 11 is 1.34. The molecule has 0 aliphatic carbocycles. The summed E-state index contributed by atoms with van der Waals surface area (Å²) in [6.07, 6.45) is 3.69. The fraction of sp³-hybridized carbons (Fsp3) is 0.538. The van der Waals surface area contributed by atoms with Gasteiger partial charge >= 0.3 is 0 Å². The molecular weight excluding hydrogens is 290 g/mol. The molecule has 1 fully saturated rings. The van der Waals surface area contributed by atoms with Gasteiger partial charge in [0.1, 0.15) is 17.6 Å². The summed E-state index contributed by atoms with van der Waals surface area (Å²) in [4.78, 5) is 34.1. The number of carbonyl (C=O) groups excluding carboxylic acids is 1. The standard InChI is InChI=1S/C13H17N5O2S/c1-8-3-2-4-17(5-8)13-16-11-10(21-13)12(20)18(7-15-11)6-9(14)19/h7-8H,2-6H2,1H3,(H2,14,19)/t8-/m1/s1. The lowest BCUT2D eigenvalue weighted by molar-refractivity contribution is -0.118. The third-order valence-corrected chi connectivity index (χ3v) is 4.72. The maximum Gasteiger partial charge on any atom is 0.273 e. The largest absolute Gasteiger partial charge is 0.368 e. The zero-order valence-electron chi connectivity index (χ0n) is 11.8. The second-order valence-corrected chi connectivity index (χ2v) is 6.46. The van der Waals surface area contributed by atoms with Crippen molar-refractivity contribution in [1.29, 1.82) is 0 Å². The predicted molar refractivity (Wildman–Crippen MR) is 81.5 cm³/mol. The van der Waals surface area contributed by atoms with Crippen molar-refractivity contribution in [2.45, 2.75) is 26.3 Å². The van der Waals surface area contributed by atoms with Gasteiger partial charge in [0, 0.05) is 13.1 Å². The van der Waals surface area contributed by atoms with Gasteiger partial charge < -0.3 is 10.6 Å². The van der Waals surface area contributed by atoms with Gasteiger partial charge in [-0.1, -0.05) is 18.3 Å². The summed E-state index contributed by atoms with van der Waals surface area (Å²) in [5.41, 5.74) is 5.31. The second kappa shape index (κ2) is 5.44. The molecule has 1 aliphatic heterocycles. The number of thiazole rings is 1. The van der Waals surface area contributed by atoms with Crippen molar-refractivity contribution in [3.8, 4) is 0 Å². The van der Waals surface area contributed by atoms with Gasteiger partial charge in [-0.25, -0.2) is 4.98 Å². The van der Waals surface area contributed by atoms with E-state index < -0.39 is 5.91 Å². The van der Waals surface area contributed by atoms with Crippen molar-refractivity contribution >= 4 is 32.7 Å². The molecule has 0 radical (unpaired) electrons. The van der Waals surface area contributed by atoms with E-state index in [1.807, 2.05) is 0 Å². The number of amides is 1. The molecule has 21 heavy (non-hydrogen) atoms. The fourth-order valence-electron chi connectivity index (χ4n) is 2.61. The first-order valence-electron chi connectivity index (χ1n) is 6.94. The lowest BCUT2D eigenvalue weighted by atomic mass is 10.0. The fourth-order valence-corrected chi connectivity index (χ4v) is 3.62. The number of aromatic nitrogens is 3. The third-order valence-electron chi connectivity index (χ3n) is 3.63. The average Bonchev–Trinajstić information content (AvgIpc) is 2.86. The molecule has 1 amide bonds. The zero-order valence-corrected chi connectivity index (χ0v) is 12.6. The van der Waals surface area contributed by atoms with Gasteiger partial charge in [-0.15, -0.1) is 0 Å². The van der Waals surface area contributed by atoms with Crippen LogP contribution in [0.15, 0.2) is 11.1 Å². The minimum Gasteiger partial charge on any atom is -0.368 e. The van der Waals surface area contributed by atoms with Crippen molar-refractivity contribution < 1.29 is 4.79 Å². The number of hydrogen-bond donors (Lipinski definition) is 1. The Morgan fingerprint density at radius 3 is 3.10 bits per heavy atom. The van der Waals surface area contributed by atoms with E-state index in [9.17, 15) is 9.59 Å². The van der Waals surface area contributed by atoms with Crippen LogP contribution in [0.5, 0.6) is 0 Å². The van der Waals surface area contributed by atoms with Crippen molar-refractivity contribution in [2.75, 3.05) is 18.0 Å². The highest BCUT2D eigenvalue weighted by atomic mass is 32.1. The first-order chi connectivity index (χ1) is 10.0. The van der Waals surface area contributed by atoms with Crippen LogP contribution >= 0.6 is 11.3 Å². The van der Waals surface area contributed by atoms with Crippen LogP contribution in [0, 0.1) is 5.92 Å². The highest BCUT2D eigenvalue weighted by Gasteiger charge is 2.21. The Kier molecular flexibility index (Phi) is 3.62. The van der Waals surface area contributed by atoms with E-state index in [1.165, 1.54) is 28.7 Å². The minimum atomic E-state index is -0.562. The number of primary amides is 1. The van der Waals surface area contributed by atoms with Crippen LogP contribution in [0.1, 0.15) is 19.8 Å². The van der Waals surface area contributed by atoms with Gasteiger partial charge in [0.05, 0.1) is 0 Å². The molecule has 0 unspecified atom stereocenters. The smallest absolute Gasteiger partial charge is 0.273 e. The average molecular weight is 307 g/mol. The zero-order chi connectivity index (χ0) is 15.0. The molecule has 1 aliphatic rings. The summed E-state index contributed by atoms with van der Waals surface area (Å²) in [6, 6.07) is 0. The summed E-state index contributed by atoms with van der Waals surface area (Å²) in [5, 5.41) is 0.831. The number of fused-ring (bicyclic) bond motifs is 1. The Morgan fingerprint density at radius 1 is 1.57 bits per heavy atom. The van der Waals surface area contributed by atoms with E-state index in [1.54, 1.807) is 0 Å². The molecule has 1 saturated heterocycles. The van der Waals surface area contributed by atoms with E-state index in [0.29, 0.717) is 16.3 Å². The van der Waals surface area contributed by atoms with Crippen molar-refractivity contribution in [2.24, 2.45) is 11.7 Å². The quantitative estimate of drug-likeness (QED) is 0.895. The van der Waals surface area contributed by atoms with Crippen LogP contribution in [-0.2, 0) is 11.3 Å². The van der Waals surface area contributed by atoms with Crippen LogP contribution in [-0.4, -0.2) is 33.5 Å². The summed E-state index contributed by atoms with van der Waals surface area (Å²) in [7, 11) is 0. The van der Waals surface area contributed by atoms with E-state index in [-0.39, 0.29) is 12.1 Å². The SMILES string of the molecule is C[C@@H]1CCCN(c2nc3ncn(CC(N)=O)c(=O)c3s2)C1. The van der Waals surface area contributed by atoms with Gasteiger partial charge in [-0.2, -0.15) is 4.98 Å². The summed E-state index contributed by atoms with van der Waals surface area (Å²) in [6.45, 7) is 3.97. The normalized spacial score (nSPS) is 19.1. The number of nitrogens with two attached hydrogens (primary N) is 1. The Hall–Kier alpha value is -1.96. The Morgan fingerprint density at radius 2 is 2.38 bits per heavy atom. The number of nitrogens with zero attached hydrogens (tertiary/aromatic N) is 4. The molecule has 0 saturated carbocycles. The molecule has 2 aromatic heterocycles. The Balaban J connectivity index is 1.98. The molecule has 8 heteroatoms. The molecule has 0 bridgehead atoms. The lowest BCUT2D eigenvalue weighted by Gasteiger charge is -2.30. The van der Waals surface area contributed by atoms with Crippen LogP contribution in [0.3, 0.4) is 0 Å². The molecule has 7 nitrogen and oxygen atoms in total. The number of hydrogen-bond acceptors (Lipinski definition) is 6. The minimum absolute atomic E-state index is 0.157. The maximum atomic E-state index is 12.3. The molecule has 112 valence electrons. The maximum absolute atomic E-state index is 12.3. The number of piperidine rings is 1. The van der Waals surface area contributed by atoms with Crippen molar-refractivity contribution in [3.05, 3.63) is 16.7 Å². The second-order valence-electron chi connectivity index (χ2n) is 5.49. The monoisotopic (exact) mass is 307 g/mol. The van der Waals surface area contributed by atoms with E-state index in [0.717, 1.165) is 24.6 Å².